The maximum absolute atomic E-state index is 10.9. The molecule has 1 aromatic rings. The van der Waals surface area contributed by atoms with Gasteiger partial charge in [0.05, 0.1) is 0 Å². The van der Waals surface area contributed by atoms with Crippen molar-refractivity contribution in [3.05, 3.63) is 47.5 Å². The van der Waals surface area contributed by atoms with E-state index < -0.39 is 0 Å². The highest BCUT2D eigenvalue weighted by Gasteiger charge is 1.98. The summed E-state index contributed by atoms with van der Waals surface area (Å²) in [5.74, 6) is -0.171. The van der Waals surface area contributed by atoms with Crippen molar-refractivity contribution >= 4 is 18.1 Å². The van der Waals surface area contributed by atoms with Crippen molar-refractivity contribution in [2.24, 2.45) is 0 Å². The first kappa shape index (κ1) is 11.1. The van der Waals surface area contributed by atoms with Gasteiger partial charge in [-0.1, -0.05) is 42.5 Å². The highest BCUT2D eigenvalue weighted by Crippen LogP contribution is 2.02. The van der Waals surface area contributed by atoms with Gasteiger partial charge in [-0.05, 0) is 12.0 Å². The summed E-state index contributed by atoms with van der Waals surface area (Å²) in [7, 11) is 0. The van der Waals surface area contributed by atoms with E-state index in [1.165, 1.54) is 0 Å². The van der Waals surface area contributed by atoms with Gasteiger partial charge in [0.25, 0.3) is 0 Å². The van der Waals surface area contributed by atoms with Gasteiger partial charge in [-0.3, -0.25) is 4.79 Å². The van der Waals surface area contributed by atoms with Crippen molar-refractivity contribution in [3.63, 3.8) is 0 Å². The van der Waals surface area contributed by atoms with E-state index in [0.717, 1.165) is 11.8 Å². The number of allylic oxidation sites excluding steroid dienone is 1. The Kier molecular flexibility index (Phi) is 4.78. The molecule has 0 amide bonds. The largest absolute Gasteiger partial charge is 0.361 e. The molecule has 0 aliphatic carbocycles. The molecule has 0 spiro atoms. The van der Waals surface area contributed by atoms with Crippen molar-refractivity contribution in [2.45, 2.75) is 12.8 Å². The quantitative estimate of drug-likeness (QED) is 0.409. The lowest BCUT2D eigenvalue weighted by Gasteiger charge is -1.90. The lowest BCUT2D eigenvalue weighted by molar-refractivity contribution is -0.116. The number of Topliss-reactive ketones (excluding diaryl/α,β-unsaturated/α-hetero) is 1. The summed E-state index contributed by atoms with van der Waals surface area (Å²) in [4.78, 5) is 13.6. The molecule has 3 nitrogen and oxygen atoms in total. The molecule has 0 saturated carbocycles. The zero-order valence-corrected chi connectivity index (χ0v) is 8.34. The van der Waals surface area contributed by atoms with E-state index in [1.54, 1.807) is 0 Å². The highest BCUT2D eigenvalue weighted by molar-refractivity contribution is 6.25. The molecular weight excluding hydrogens is 188 g/mol. The smallest absolute Gasteiger partial charge is 0.323 e. The van der Waals surface area contributed by atoms with Gasteiger partial charge in [-0.25, -0.2) is 0 Å². The normalized spacial score (nSPS) is 9.87. The lowest BCUT2D eigenvalue weighted by atomic mass is 10.1. The van der Waals surface area contributed by atoms with Crippen LogP contribution >= 0.6 is 0 Å². The molecule has 3 heteroatoms. The Labute approximate surface area is 88.7 Å². The Morgan fingerprint density at radius 2 is 2.07 bits per heavy atom. The van der Waals surface area contributed by atoms with Crippen LogP contribution in [-0.4, -0.2) is 16.8 Å². The first-order chi connectivity index (χ1) is 7.33. The topological polar surface area (TPSA) is 53.5 Å². The molecule has 0 aliphatic heterocycles. The second-order valence-corrected chi connectivity index (χ2v) is 3.06. The van der Waals surface area contributed by atoms with Gasteiger partial charge in [0.2, 0.25) is 5.78 Å². The monoisotopic (exact) mass is 200 g/mol. The van der Waals surface area contributed by atoms with Gasteiger partial charge in [-0.2, -0.15) is 4.79 Å². The maximum Gasteiger partial charge on any atom is 0.323 e. The molecule has 1 rings (SSSR count). The highest BCUT2D eigenvalue weighted by atomic mass is 16.1. The van der Waals surface area contributed by atoms with E-state index in [2.05, 4.69) is 4.79 Å². The molecule has 1 aromatic carbocycles. The minimum atomic E-state index is -0.171. The van der Waals surface area contributed by atoms with Crippen LogP contribution in [0.3, 0.4) is 0 Å². The van der Waals surface area contributed by atoms with Crippen molar-refractivity contribution in [1.29, 1.82) is 0 Å². The first-order valence-corrected chi connectivity index (χ1v) is 4.75. The first-order valence-electron chi connectivity index (χ1n) is 4.75. The number of carbonyl (C=O) groups is 1. The maximum atomic E-state index is 10.9. The predicted octanol–water partition coefficient (Wildman–Crippen LogP) is 2.35. The van der Waals surface area contributed by atoms with Crippen molar-refractivity contribution in [2.75, 3.05) is 0 Å². The van der Waals surface area contributed by atoms with Crippen molar-refractivity contribution < 1.29 is 9.58 Å². The number of benzene rings is 1. The number of hydrogen-bond acceptors (Lipinski definition) is 1. The molecule has 0 N–H and O–H groups in total. The van der Waals surface area contributed by atoms with Gasteiger partial charge in [0.15, 0.2) is 0 Å². The summed E-state index contributed by atoms with van der Waals surface area (Å²) in [6.07, 6.45) is 5.84. The Morgan fingerprint density at radius 3 is 2.73 bits per heavy atom. The van der Waals surface area contributed by atoms with Gasteiger partial charge in [0, 0.05) is 6.42 Å². The van der Waals surface area contributed by atoms with E-state index >= 15 is 0 Å². The summed E-state index contributed by atoms with van der Waals surface area (Å²) in [5, 5.41) is 0. The fraction of sp³-hybridized carbons (Fsp3) is 0.167. The third kappa shape index (κ3) is 4.69. The molecule has 0 radical (unpaired) electrons. The Balaban J connectivity index is 2.35. The van der Waals surface area contributed by atoms with E-state index in [4.69, 9.17) is 5.53 Å². The second kappa shape index (κ2) is 6.46. The molecule has 0 aliphatic rings. The van der Waals surface area contributed by atoms with Gasteiger partial charge in [-0.15, -0.1) is 0 Å². The summed E-state index contributed by atoms with van der Waals surface area (Å²) in [6, 6.07) is 9.87. The zero-order chi connectivity index (χ0) is 10.9. The van der Waals surface area contributed by atoms with Gasteiger partial charge < -0.3 is 5.53 Å². The zero-order valence-electron chi connectivity index (χ0n) is 8.34. The van der Waals surface area contributed by atoms with E-state index in [0.29, 0.717) is 12.8 Å². The molecule has 0 bridgehead atoms. The van der Waals surface area contributed by atoms with Crippen LogP contribution in [-0.2, 0) is 4.79 Å². The Morgan fingerprint density at radius 1 is 1.33 bits per heavy atom. The average Bonchev–Trinajstić information content (AvgIpc) is 2.26. The SMILES string of the molecule is [N-]=[N+]=CC(=O)CC/C=C\c1ccccc1. The fourth-order valence-electron chi connectivity index (χ4n) is 1.14. The van der Waals surface area contributed by atoms with Gasteiger partial charge >= 0.3 is 6.21 Å². The van der Waals surface area contributed by atoms with E-state index in [1.807, 2.05) is 42.5 Å². The van der Waals surface area contributed by atoms with Gasteiger partial charge in [0.1, 0.15) is 0 Å². The third-order valence-electron chi connectivity index (χ3n) is 1.87. The van der Waals surface area contributed by atoms with Crippen LogP contribution in [0.4, 0.5) is 0 Å². The molecule has 0 aromatic heterocycles. The van der Waals surface area contributed by atoms with Crippen LogP contribution in [0, 0.1) is 0 Å². The predicted molar refractivity (Wildman–Crippen MR) is 59.4 cm³/mol. The van der Waals surface area contributed by atoms with Crippen molar-refractivity contribution in [3.8, 4) is 0 Å². The van der Waals surface area contributed by atoms with Crippen molar-refractivity contribution in [1.82, 2.24) is 0 Å². The van der Waals surface area contributed by atoms with Crippen LogP contribution in [0.25, 0.3) is 11.6 Å². The van der Waals surface area contributed by atoms with Crippen LogP contribution in [0.5, 0.6) is 0 Å². The molecular formula is C12H12N2O. The molecule has 0 heterocycles. The number of hydrogen-bond donors (Lipinski definition) is 0. The summed E-state index contributed by atoms with van der Waals surface area (Å²) in [6.45, 7) is 0. The van der Waals surface area contributed by atoms with Crippen LogP contribution in [0.1, 0.15) is 18.4 Å². The third-order valence-corrected chi connectivity index (χ3v) is 1.87. The number of carbonyl (C=O) groups excluding carboxylic acids is 1. The van der Waals surface area contributed by atoms with E-state index in [-0.39, 0.29) is 5.78 Å². The standard InChI is InChI=1S/C12H12N2O/c13-14-10-12(15)9-5-4-8-11-6-2-1-3-7-11/h1-4,6-8,10H,5,9H2/b8-4-. The second-order valence-electron chi connectivity index (χ2n) is 3.06. The van der Waals surface area contributed by atoms with E-state index in [9.17, 15) is 4.79 Å². The lowest BCUT2D eigenvalue weighted by Crippen LogP contribution is -1.97. The van der Waals surface area contributed by atoms with Crippen LogP contribution in [0.2, 0.25) is 0 Å². The summed E-state index contributed by atoms with van der Waals surface area (Å²) in [5.41, 5.74) is 9.21. The molecule has 0 saturated heterocycles. The number of nitrogens with zero attached hydrogens (tertiary/aromatic N) is 2. The Bertz CT molecular complexity index is 389. The minimum absolute atomic E-state index is 0.171. The average molecular weight is 200 g/mol. The summed E-state index contributed by atoms with van der Waals surface area (Å²) < 4.78 is 0. The van der Waals surface area contributed by atoms with Crippen LogP contribution < -0.4 is 0 Å². The molecule has 76 valence electrons. The molecule has 0 unspecified atom stereocenters. The molecule has 0 fully saturated rings. The van der Waals surface area contributed by atoms with Crippen LogP contribution in [0.15, 0.2) is 36.4 Å². The molecule has 0 atom stereocenters. The number of rotatable bonds is 5. The fourth-order valence-corrected chi connectivity index (χ4v) is 1.14. The molecule has 15 heavy (non-hydrogen) atoms. The Hall–Kier alpha value is -1.99. The summed E-state index contributed by atoms with van der Waals surface area (Å²) >= 11 is 0. The number of ketones is 1. The minimum Gasteiger partial charge on any atom is -0.361 e.